The van der Waals surface area contributed by atoms with Gasteiger partial charge in [-0.25, -0.2) is 0 Å². The standard InChI is InChI=1S/C8H18N2/c1-7(6-10-9)8-4-2-3-5-8/h7-8,10H,2-6,9H2,1H3. The smallest absolute Gasteiger partial charge is 0.0126 e. The van der Waals surface area contributed by atoms with Crippen LogP contribution in [0.4, 0.5) is 0 Å². The van der Waals surface area contributed by atoms with Gasteiger partial charge in [-0.2, -0.15) is 0 Å². The summed E-state index contributed by atoms with van der Waals surface area (Å²) in [4.78, 5) is 0. The van der Waals surface area contributed by atoms with Gasteiger partial charge in [-0.15, -0.1) is 0 Å². The molecule has 2 nitrogen and oxygen atoms in total. The molecule has 1 unspecified atom stereocenters. The summed E-state index contributed by atoms with van der Waals surface area (Å²) in [6.45, 7) is 3.26. The number of rotatable bonds is 3. The van der Waals surface area contributed by atoms with Gasteiger partial charge in [-0.3, -0.25) is 11.3 Å². The molecule has 0 amide bonds. The van der Waals surface area contributed by atoms with Gasteiger partial charge in [-0.05, 0) is 11.8 Å². The summed E-state index contributed by atoms with van der Waals surface area (Å²) >= 11 is 0. The van der Waals surface area contributed by atoms with E-state index in [0.717, 1.165) is 18.4 Å². The van der Waals surface area contributed by atoms with E-state index in [1.54, 1.807) is 0 Å². The second-order valence-electron chi connectivity index (χ2n) is 3.43. The minimum absolute atomic E-state index is 0.771. The largest absolute Gasteiger partial charge is 0.271 e. The van der Waals surface area contributed by atoms with Crippen molar-refractivity contribution in [1.82, 2.24) is 5.43 Å². The van der Waals surface area contributed by atoms with Crippen molar-refractivity contribution < 1.29 is 0 Å². The zero-order valence-corrected chi connectivity index (χ0v) is 6.77. The number of hydrogen-bond donors (Lipinski definition) is 2. The van der Waals surface area contributed by atoms with Crippen LogP contribution in [0.5, 0.6) is 0 Å². The summed E-state index contributed by atoms with van der Waals surface area (Å²) in [5.74, 6) is 6.96. The highest BCUT2D eigenvalue weighted by Gasteiger charge is 2.20. The van der Waals surface area contributed by atoms with Crippen LogP contribution in [0.3, 0.4) is 0 Å². The number of nitrogens with two attached hydrogens (primary N) is 1. The fourth-order valence-corrected chi connectivity index (χ4v) is 1.88. The molecule has 1 saturated carbocycles. The molecule has 0 aromatic heterocycles. The van der Waals surface area contributed by atoms with Gasteiger partial charge < -0.3 is 0 Å². The monoisotopic (exact) mass is 142 g/mol. The summed E-state index contributed by atoms with van der Waals surface area (Å²) in [6, 6.07) is 0. The molecule has 0 radical (unpaired) electrons. The van der Waals surface area contributed by atoms with E-state index < -0.39 is 0 Å². The molecular weight excluding hydrogens is 124 g/mol. The fraction of sp³-hybridized carbons (Fsp3) is 1.00. The van der Waals surface area contributed by atoms with Crippen molar-refractivity contribution in [3.05, 3.63) is 0 Å². The first kappa shape index (κ1) is 8.02. The third kappa shape index (κ3) is 1.96. The van der Waals surface area contributed by atoms with Gasteiger partial charge in [0, 0.05) is 6.54 Å². The predicted octanol–water partition coefficient (Wildman–Crippen LogP) is 1.28. The lowest BCUT2D eigenvalue weighted by Gasteiger charge is -2.17. The van der Waals surface area contributed by atoms with Crippen LogP contribution < -0.4 is 11.3 Å². The topological polar surface area (TPSA) is 38.0 Å². The van der Waals surface area contributed by atoms with Gasteiger partial charge >= 0.3 is 0 Å². The normalized spacial score (nSPS) is 23.4. The maximum absolute atomic E-state index is 5.25. The molecule has 1 aliphatic carbocycles. The van der Waals surface area contributed by atoms with Crippen molar-refractivity contribution in [2.24, 2.45) is 17.7 Å². The molecule has 3 N–H and O–H groups in total. The fourth-order valence-electron chi connectivity index (χ4n) is 1.88. The molecule has 0 aromatic rings. The maximum atomic E-state index is 5.25. The Kier molecular flexibility index (Phi) is 3.16. The summed E-state index contributed by atoms with van der Waals surface area (Å²) in [5.41, 5.74) is 2.74. The van der Waals surface area contributed by atoms with E-state index in [2.05, 4.69) is 12.3 Å². The molecule has 1 atom stereocenters. The Balaban J connectivity index is 2.18. The lowest BCUT2D eigenvalue weighted by atomic mass is 9.93. The average Bonchev–Trinajstić information content (AvgIpc) is 2.38. The van der Waals surface area contributed by atoms with Gasteiger partial charge in [0.15, 0.2) is 0 Å². The van der Waals surface area contributed by atoms with Crippen molar-refractivity contribution >= 4 is 0 Å². The van der Waals surface area contributed by atoms with Gasteiger partial charge in [0.1, 0.15) is 0 Å². The number of nitrogens with one attached hydrogen (secondary N) is 1. The molecule has 1 rings (SSSR count). The van der Waals surface area contributed by atoms with Gasteiger partial charge in [0.2, 0.25) is 0 Å². The zero-order chi connectivity index (χ0) is 7.40. The van der Waals surface area contributed by atoms with E-state index in [1.165, 1.54) is 25.7 Å². The molecule has 0 bridgehead atoms. The minimum atomic E-state index is 0.771. The van der Waals surface area contributed by atoms with E-state index in [-0.39, 0.29) is 0 Å². The highest BCUT2D eigenvalue weighted by Crippen LogP contribution is 2.30. The van der Waals surface area contributed by atoms with Crippen molar-refractivity contribution in [2.75, 3.05) is 6.54 Å². The first-order valence-electron chi connectivity index (χ1n) is 4.28. The van der Waals surface area contributed by atoms with Crippen molar-refractivity contribution in [1.29, 1.82) is 0 Å². The molecule has 0 saturated heterocycles. The van der Waals surface area contributed by atoms with E-state index in [0.29, 0.717) is 0 Å². The van der Waals surface area contributed by atoms with Crippen LogP contribution in [-0.4, -0.2) is 6.54 Å². The predicted molar refractivity (Wildman–Crippen MR) is 43.3 cm³/mol. The second kappa shape index (κ2) is 3.94. The lowest BCUT2D eigenvalue weighted by Crippen LogP contribution is -2.30. The first-order valence-corrected chi connectivity index (χ1v) is 4.28. The molecule has 0 aliphatic heterocycles. The van der Waals surface area contributed by atoms with Crippen LogP contribution in [0.15, 0.2) is 0 Å². The molecule has 1 fully saturated rings. The van der Waals surface area contributed by atoms with Crippen LogP contribution in [-0.2, 0) is 0 Å². The Morgan fingerprint density at radius 2 is 2.10 bits per heavy atom. The Morgan fingerprint density at radius 1 is 1.50 bits per heavy atom. The molecule has 0 aromatic carbocycles. The zero-order valence-electron chi connectivity index (χ0n) is 6.77. The highest BCUT2D eigenvalue weighted by molar-refractivity contribution is 4.73. The molecule has 0 spiro atoms. The summed E-state index contributed by atoms with van der Waals surface area (Å²) < 4.78 is 0. The Bertz CT molecular complexity index is 87.3. The molecule has 2 heteroatoms. The molecule has 1 aliphatic rings. The first-order chi connectivity index (χ1) is 4.84. The second-order valence-corrected chi connectivity index (χ2v) is 3.43. The van der Waals surface area contributed by atoms with Crippen LogP contribution >= 0.6 is 0 Å². The quantitative estimate of drug-likeness (QED) is 0.460. The van der Waals surface area contributed by atoms with Crippen molar-refractivity contribution in [3.8, 4) is 0 Å². The van der Waals surface area contributed by atoms with Crippen LogP contribution in [0.25, 0.3) is 0 Å². The Labute approximate surface area is 63.1 Å². The van der Waals surface area contributed by atoms with Crippen molar-refractivity contribution in [3.63, 3.8) is 0 Å². The maximum Gasteiger partial charge on any atom is 0.0126 e. The van der Waals surface area contributed by atoms with Crippen LogP contribution in [0, 0.1) is 11.8 Å². The van der Waals surface area contributed by atoms with E-state index in [9.17, 15) is 0 Å². The summed E-state index contributed by atoms with van der Waals surface area (Å²) in [7, 11) is 0. The highest BCUT2D eigenvalue weighted by atomic mass is 15.2. The lowest BCUT2D eigenvalue weighted by molar-refractivity contribution is 0.351. The van der Waals surface area contributed by atoms with Crippen LogP contribution in [0.1, 0.15) is 32.6 Å². The van der Waals surface area contributed by atoms with E-state index in [4.69, 9.17) is 5.84 Å². The number of hydrazine groups is 1. The Hall–Kier alpha value is -0.0800. The Morgan fingerprint density at radius 3 is 2.60 bits per heavy atom. The van der Waals surface area contributed by atoms with Gasteiger partial charge in [0.25, 0.3) is 0 Å². The number of hydrogen-bond acceptors (Lipinski definition) is 2. The molecular formula is C8H18N2. The third-order valence-electron chi connectivity index (χ3n) is 2.64. The third-order valence-corrected chi connectivity index (χ3v) is 2.64. The van der Waals surface area contributed by atoms with E-state index in [1.807, 2.05) is 0 Å². The molecule has 60 valence electrons. The summed E-state index contributed by atoms with van der Waals surface area (Å²) in [5, 5.41) is 0. The van der Waals surface area contributed by atoms with Gasteiger partial charge in [-0.1, -0.05) is 32.6 Å². The minimum Gasteiger partial charge on any atom is -0.271 e. The molecule has 10 heavy (non-hydrogen) atoms. The van der Waals surface area contributed by atoms with Crippen LogP contribution in [0.2, 0.25) is 0 Å². The molecule has 0 heterocycles. The summed E-state index contributed by atoms with van der Waals surface area (Å²) in [6.07, 6.45) is 5.70. The average molecular weight is 142 g/mol. The van der Waals surface area contributed by atoms with Crippen molar-refractivity contribution in [2.45, 2.75) is 32.6 Å². The van der Waals surface area contributed by atoms with E-state index >= 15 is 0 Å². The SMILES string of the molecule is CC(CNN)C1CCCC1. The van der Waals surface area contributed by atoms with Gasteiger partial charge in [0.05, 0.1) is 0 Å².